The first-order valence-electron chi connectivity index (χ1n) is 5.20. The highest BCUT2D eigenvalue weighted by molar-refractivity contribution is 5.45. The van der Waals surface area contributed by atoms with Gasteiger partial charge in [0.15, 0.2) is 11.6 Å². The average Bonchev–Trinajstić information content (AvgIpc) is 2.35. The van der Waals surface area contributed by atoms with Gasteiger partial charge >= 0.3 is 0 Å². The van der Waals surface area contributed by atoms with Crippen LogP contribution in [0.25, 0.3) is 0 Å². The minimum atomic E-state index is -1.05. The van der Waals surface area contributed by atoms with Crippen LogP contribution in [0.3, 0.4) is 0 Å². The van der Waals surface area contributed by atoms with E-state index in [9.17, 15) is 17.6 Å². The zero-order chi connectivity index (χ0) is 13.1. The second kappa shape index (κ2) is 5.08. The Morgan fingerprint density at radius 2 is 1.67 bits per heavy atom. The van der Waals surface area contributed by atoms with Crippen molar-refractivity contribution in [3.63, 3.8) is 0 Å². The van der Waals surface area contributed by atoms with E-state index >= 15 is 0 Å². The molecule has 18 heavy (non-hydrogen) atoms. The molecule has 0 heterocycles. The Morgan fingerprint density at radius 1 is 0.889 bits per heavy atom. The van der Waals surface area contributed by atoms with Crippen LogP contribution in [0.4, 0.5) is 23.2 Å². The summed E-state index contributed by atoms with van der Waals surface area (Å²) in [6.07, 6.45) is 0. The largest absolute Gasteiger partial charge is 0.378 e. The molecule has 0 spiro atoms. The second-order valence-corrected chi connectivity index (χ2v) is 3.69. The summed E-state index contributed by atoms with van der Waals surface area (Å²) < 4.78 is 52.3. The normalized spacial score (nSPS) is 10.4. The van der Waals surface area contributed by atoms with E-state index in [1.807, 2.05) is 0 Å². The van der Waals surface area contributed by atoms with E-state index in [1.54, 1.807) is 0 Å². The molecule has 0 aliphatic heterocycles. The Hall–Kier alpha value is -2.04. The maximum atomic E-state index is 13.3. The van der Waals surface area contributed by atoms with Gasteiger partial charge in [-0.3, -0.25) is 0 Å². The van der Waals surface area contributed by atoms with Gasteiger partial charge in [0.25, 0.3) is 0 Å². The molecule has 94 valence electrons. The zero-order valence-corrected chi connectivity index (χ0v) is 9.18. The highest BCUT2D eigenvalue weighted by Crippen LogP contribution is 2.18. The van der Waals surface area contributed by atoms with E-state index < -0.39 is 23.3 Å². The third-order valence-corrected chi connectivity index (χ3v) is 2.43. The van der Waals surface area contributed by atoms with E-state index in [0.29, 0.717) is 0 Å². The number of benzene rings is 2. The van der Waals surface area contributed by atoms with Crippen LogP contribution < -0.4 is 5.32 Å². The van der Waals surface area contributed by atoms with Crippen molar-refractivity contribution in [2.75, 3.05) is 5.32 Å². The average molecular weight is 255 g/mol. The van der Waals surface area contributed by atoms with Crippen LogP contribution in [-0.4, -0.2) is 0 Å². The predicted molar refractivity (Wildman–Crippen MR) is 60.0 cm³/mol. The minimum absolute atomic E-state index is 0.0404. The van der Waals surface area contributed by atoms with Crippen molar-refractivity contribution in [1.29, 1.82) is 0 Å². The lowest BCUT2D eigenvalue weighted by Gasteiger charge is -2.08. The van der Waals surface area contributed by atoms with Gasteiger partial charge in [0.2, 0.25) is 0 Å². The summed E-state index contributed by atoms with van der Waals surface area (Å²) >= 11 is 0. The van der Waals surface area contributed by atoms with Crippen molar-refractivity contribution < 1.29 is 17.6 Å². The van der Waals surface area contributed by atoms with Crippen LogP contribution in [0.2, 0.25) is 0 Å². The Kier molecular flexibility index (Phi) is 3.50. The van der Waals surface area contributed by atoms with Gasteiger partial charge in [-0.2, -0.15) is 0 Å². The standard InChI is InChI=1S/C13H9F4N/c14-9-4-5-10(15)8(6-9)7-18-12-3-1-2-11(16)13(12)17/h1-6,18H,7H2. The molecule has 0 aliphatic carbocycles. The van der Waals surface area contributed by atoms with Crippen molar-refractivity contribution in [1.82, 2.24) is 0 Å². The molecule has 2 aromatic rings. The fourth-order valence-corrected chi connectivity index (χ4v) is 1.51. The molecule has 0 atom stereocenters. The quantitative estimate of drug-likeness (QED) is 0.821. The van der Waals surface area contributed by atoms with E-state index in [4.69, 9.17) is 0 Å². The fraction of sp³-hybridized carbons (Fsp3) is 0.0769. The van der Waals surface area contributed by atoms with Crippen LogP contribution in [0.15, 0.2) is 36.4 Å². The lowest BCUT2D eigenvalue weighted by molar-refractivity contribution is 0.510. The molecule has 0 bridgehead atoms. The van der Waals surface area contributed by atoms with E-state index in [0.717, 1.165) is 24.3 Å². The number of hydrogen-bond donors (Lipinski definition) is 1. The summed E-state index contributed by atoms with van der Waals surface area (Å²) in [5.74, 6) is -3.25. The molecule has 0 amide bonds. The molecule has 1 N–H and O–H groups in total. The molecule has 5 heteroatoms. The maximum absolute atomic E-state index is 13.3. The molecule has 0 aromatic heterocycles. The Balaban J connectivity index is 2.16. The number of nitrogens with one attached hydrogen (secondary N) is 1. The highest BCUT2D eigenvalue weighted by atomic mass is 19.2. The first kappa shape index (κ1) is 12.4. The predicted octanol–water partition coefficient (Wildman–Crippen LogP) is 3.86. The van der Waals surface area contributed by atoms with Gasteiger partial charge in [0, 0.05) is 12.1 Å². The van der Waals surface area contributed by atoms with Gasteiger partial charge in [-0.1, -0.05) is 6.07 Å². The van der Waals surface area contributed by atoms with Gasteiger partial charge in [-0.15, -0.1) is 0 Å². The van der Waals surface area contributed by atoms with E-state index in [2.05, 4.69) is 5.32 Å². The molecular weight excluding hydrogens is 246 g/mol. The van der Waals surface area contributed by atoms with Crippen molar-refractivity contribution >= 4 is 5.69 Å². The Labute approximate surface area is 101 Å². The van der Waals surface area contributed by atoms with Crippen molar-refractivity contribution in [3.05, 3.63) is 65.2 Å². The molecule has 0 unspecified atom stereocenters. The van der Waals surface area contributed by atoms with Crippen molar-refractivity contribution in [2.45, 2.75) is 6.54 Å². The molecule has 2 rings (SSSR count). The fourth-order valence-electron chi connectivity index (χ4n) is 1.51. The van der Waals surface area contributed by atoms with E-state index in [-0.39, 0.29) is 17.8 Å². The molecule has 0 aliphatic rings. The monoisotopic (exact) mass is 255 g/mol. The summed E-state index contributed by atoms with van der Waals surface area (Å²) in [7, 11) is 0. The van der Waals surface area contributed by atoms with Crippen LogP contribution in [0.5, 0.6) is 0 Å². The van der Waals surface area contributed by atoms with Gasteiger partial charge in [0.1, 0.15) is 11.6 Å². The van der Waals surface area contributed by atoms with Gasteiger partial charge in [0.05, 0.1) is 5.69 Å². The van der Waals surface area contributed by atoms with Crippen LogP contribution in [0, 0.1) is 23.3 Å². The lowest BCUT2D eigenvalue weighted by Crippen LogP contribution is -2.04. The molecular formula is C13H9F4N. The summed E-state index contributed by atoms with van der Waals surface area (Å²) in [5, 5.41) is 2.52. The third-order valence-electron chi connectivity index (χ3n) is 2.43. The van der Waals surface area contributed by atoms with Gasteiger partial charge in [-0.25, -0.2) is 17.6 Å². The first-order chi connectivity index (χ1) is 8.58. The van der Waals surface area contributed by atoms with Gasteiger partial charge in [-0.05, 0) is 30.3 Å². The second-order valence-electron chi connectivity index (χ2n) is 3.69. The molecule has 1 nitrogen and oxygen atoms in total. The molecule has 0 radical (unpaired) electrons. The summed E-state index contributed by atoms with van der Waals surface area (Å²) in [6, 6.07) is 6.58. The zero-order valence-electron chi connectivity index (χ0n) is 9.18. The smallest absolute Gasteiger partial charge is 0.181 e. The summed E-state index contributed by atoms with van der Waals surface area (Å²) in [5.41, 5.74) is -0.0580. The highest BCUT2D eigenvalue weighted by Gasteiger charge is 2.08. The number of rotatable bonds is 3. The third kappa shape index (κ3) is 2.61. The van der Waals surface area contributed by atoms with Crippen molar-refractivity contribution in [2.24, 2.45) is 0 Å². The van der Waals surface area contributed by atoms with Crippen molar-refractivity contribution in [3.8, 4) is 0 Å². The minimum Gasteiger partial charge on any atom is -0.378 e. The Bertz CT molecular complexity index is 567. The number of anilines is 1. The maximum Gasteiger partial charge on any atom is 0.181 e. The lowest BCUT2D eigenvalue weighted by atomic mass is 10.2. The topological polar surface area (TPSA) is 12.0 Å². The first-order valence-corrected chi connectivity index (χ1v) is 5.20. The van der Waals surface area contributed by atoms with Crippen LogP contribution in [-0.2, 0) is 6.54 Å². The molecule has 0 saturated carbocycles. The number of hydrogen-bond acceptors (Lipinski definition) is 1. The number of halogens is 4. The van der Waals surface area contributed by atoms with Gasteiger partial charge < -0.3 is 5.32 Å². The molecule has 0 fully saturated rings. The SMILES string of the molecule is Fc1ccc(F)c(CNc2cccc(F)c2F)c1. The molecule has 0 saturated heterocycles. The summed E-state index contributed by atoms with van der Waals surface area (Å²) in [6.45, 7) is -0.135. The van der Waals surface area contributed by atoms with Crippen LogP contribution in [0.1, 0.15) is 5.56 Å². The summed E-state index contributed by atoms with van der Waals surface area (Å²) in [4.78, 5) is 0. The van der Waals surface area contributed by atoms with Crippen LogP contribution >= 0.6 is 0 Å². The molecule has 2 aromatic carbocycles. The van der Waals surface area contributed by atoms with E-state index in [1.165, 1.54) is 12.1 Å². The Morgan fingerprint density at radius 3 is 2.44 bits per heavy atom.